The molecule has 2 aromatic carbocycles. The van der Waals surface area contributed by atoms with E-state index in [1.807, 2.05) is 30.5 Å². The van der Waals surface area contributed by atoms with Crippen molar-refractivity contribution in [3.63, 3.8) is 0 Å². The predicted molar refractivity (Wildman–Crippen MR) is 124 cm³/mol. The molecule has 0 saturated heterocycles. The van der Waals surface area contributed by atoms with Crippen molar-refractivity contribution in [2.24, 2.45) is 0 Å². The van der Waals surface area contributed by atoms with Gasteiger partial charge in [0.1, 0.15) is 11.3 Å². The molecule has 1 N–H and O–H groups in total. The second-order valence-electron chi connectivity index (χ2n) is 7.77. The molecule has 0 bridgehead atoms. The van der Waals surface area contributed by atoms with E-state index in [9.17, 15) is 13.2 Å². The van der Waals surface area contributed by atoms with Crippen molar-refractivity contribution in [3.05, 3.63) is 89.9 Å². The number of fused-ring (bicyclic) bond motifs is 2. The number of carbonyl (C=O) groups excluding carboxylic acids is 1. The minimum Gasteiger partial charge on any atom is -0.321 e. The highest BCUT2D eigenvalue weighted by Crippen LogP contribution is 2.34. The molecule has 32 heavy (non-hydrogen) atoms. The summed E-state index contributed by atoms with van der Waals surface area (Å²) in [5.41, 5.74) is 4.01. The fourth-order valence-electron chi connectivity index (χ4n) is 4.19. The van der Waals surface area contributed by atoms with Gasteiger partial charge < -0.3 is 5.32 Å². The third-order valence-electron chi connectivity index (χ3n) is 5.66. The summed E-state index contributed by atoms with van der Waals surface area (Å²) >= 11 is 0. The van der Waals surface area contributed by atoms with Crippen LogP contribution in [-0.4, -0.2) is 30.3 Å². The molecule has 1 aliphatic rings. The molecule has 1 amide bonds. The number of amides is 1. The molecule has 1 aliphatic heterocycles. The molecule has 2 aromatic heterocycles. The van der Waals surface area contributed by atoms with E-state index in [0.717, 1.165) is 12.0 Å². The maximum Gasteiger partial charge on any atom is 0.274 e. The predicted octanol–water partition coefficient (Wildman–Crippen LogP) is 4.04. The Hall–Kier alpha value is -3.65. The van der Waals surface area contributed by atoms with Crippen molar-refractivity contribution in [2.45, 2.75) is 24.7 Å². The number of benzene rings is 2. The summed E-state index contributed by atoms with van der Waals surface area (Å²) in [7, 11) is -3.64. The van der Waals surface area contributed by atoms with Gasteiger partial charge >= 0.3 is 0 Å². The maximum atomic E-state index is 13.2. The summed E-state index contributed by atoms with van der Waals surface area (Å²) in [4.78, 5) is 17.7. The maximum absolute atomic E-state index is 13.2. The van der Waals surface area contributed by atoms with Crippen LogP contribution < -0.4 is 9.62 Å². The normalized spacial score (nSPS) is 13.7. The highest BCUT2D eigenvalue weighted by atomic mass is 32.2. The Labute approximate surface area is 186 Å². The first kappa shape index (κ1) is 20.3. The zero-order chi connectivity index (χ0) is 22.3. The molecular weight excluding hydrogens is 424 g/mol. The SMILES string of the molecule is Cc1nc2ccccn2c1C(=O)Nc1ccc2c(c1)CCCN2S(=O)(=O)c1ccccc1. The molecule has 0 aliphatic carbocycles. The lowest BCUT2D eigenvalue weighted by atomic mass is 10.0. The van der Waals surface area contributed by atoms with E-state index in [2.05, 4.69) is 10.3 Å². The molecule has 0 atom stereocenters. The molecular formula is C24H22N4O3S. The lowest BCUT2D eigenvalue weighted by molar-refractivity contribution is 0.102. The average Bonchev–Trinajstić information content (AvgIpc) is 3.14. The first-order valence-corrected chi connectivity index (χ1v) is 11.8. The van der Waals surface area contributed by atoms with Gasteiger partial charge in [0.05, 0.1) is 16.3 Å². The summed E-state index contributed by atoms with van der Waals surface area (Å²) in [6.45, 7) is 2.23. The molecule has 0 unspecified atom stereocenters. The van der Waals surface area contributed by atoms with Crippen molar-refractivity contribution in [2.75, 3.05) is 16.2 Å². The van der Waals surface area contributed by atoms with Gasteiger partial charge in [-0.3, -0.25) is 13.5 Å². The molecule has 8 heteroatoms. The molecule has 7 nitrogen and oxygen atoms in total. The van der Waals surface area contributed by atoms with Crippen LogP contribution in [0.4, 0.5) is 11.4 Å². The second kappa shape index (κ2) is 7.80. The number of hydrogen-bond acceptors (Lipinski definition) is 4. The summed E-state index contributed by atoms with van der Waals surface area (Å²) in [6, 6.07) is 19.4. The Bertz CT molecular complexity index is 1430. The van der Waals surface area contributed by atoms with E-state index >= 15 is 0 Å². The summed E-state index contributed by atoms with van der Waals surface area (Å²) < 4.78 is 29.6. The van der Waals surface area contributed by atoms with Crippen LogP contribution in [0, 0.1) is 6.92 Å². The highest BCUT2D eigenvalue weighted by molar-refractivity contribution is 7.92. The van der Waals surface area contributed by atoms with Gasteiger partial charge in [-0.25, -0.2) is 13.4 Å². The van der Waals surface area contributed by atoms with Gasteiger partial charge in [-0.15, -0.1) is 0 Å². The van der Waals surface area contributed by atoms with Crippen molar-refractivity contribution in [1.82, 2.24) is 9.38 Å². The number of nitrogens with one attached hydrogen (secondary N) is 1. The molecule has 162 valence electrons. The van der Waals surface area contributed by atoms with E-state index in [-0.39, 0.29) is 10.8 Å². The molecule has 4 aromatic rings. The summed E-state index contributed by atoms with van der Waals surface area (Å²) in [5, 5.41) is 2.94. The zero-order valence-electron chi connectivity index (χ0n) is 17.5. The van der Waals surface area contributed by atoms with Crippen LogP contribution >= 0.6 is 0 Å². The Balaban J connectivity index is 1.45. The number of pyridine rings is 1. The summed E-state index contributed by atoms with van der Waals surface area (Å²) in [6.07, 6.45) is 3.26. The lowest BCUT2D eigenvalue weighted by Crippen LogP contribution is -2.35. The van der Waals surface area contributed by atoms with Gasteiger partial charge in [-0.05, 0) is 67.8 Å². The minimum atomic E-state index is -3.64. The molecule has 3 heterocycles. The van der Waals surface area contributed by atoms with Crippen molar-refractivity contribution in [1.29, 1.82) is 0 Å². The van der Waals surface area contributed by atoms with Crippen LogP contribution in [0.5, 0.6) is 0 Å². The van der Waals surface area contributed by atoms with Crippen LogP contribution in [0.15, 0.2) is 77.8 Å². The van der Waals surface area contributed by atoms with Crippen LogP contribution in [0.2, 0.25) is 0 Å². The monoisotopic (exact) mass is 446 g/mol. The molecule has 0 saturated carbocycles. The highest BCUT2D eigenvalue weighted by Gasteiger charge is 2.29. The first-order valence-electron chi connectivity index (χ1n) is 10.4. The average molecular weight is 447 g/mol. The fraction of sp³-hybridized carbons (Fsp3) is 0.167. The van der Waals surface area contributed by atoms with Gasteiger partial charge in [0.15, 0.2) is 0 Å². The van der Waals surface area contributed by atoms with Crippen molar-refractivity contribution < 1.29 is 13.2 Å². The van der Waals surface area contributed by atoms with E-state index in [1.54, 1.807) is 53.8 Å². The third kappa shape index (κ3) is 3.42. The number of nitrogens with zero attached hydrogens (tertiary/aromatic N) is 3. The van der Waals surface area contributed by atoms with E-state index in [1.165, 1.54) is 4.31 Å². The minimum absolute atomic E-state index is 0.259. The number of anilines is 2. The van der Waals surface area contributed by atoms with Gasteiger partial charge in [0.2, 0.25) is 0 Å². The van der Waals surface area contributed by atoms with Gasteiger partial charge in [0, 0.05) is 18.4 Å². The Morgan fingerprint density at radius 3 is 2.62 bits per heavy atom. The molecule has 5 rings (SSSR count). The zero-order valence-corrected chi connectivity index (χ0v) is 18.3. The Morgan fingerprint density at radius 1 is 1.03 bits per heavy atom. The number of rotatable bonds is 4. The lowest BCUT2D eigenvalue weighted by Gasteiger charge is -2.30. The van der Waals surface area contributed by atoms with Gasteiger partial charge in [0.25, 0.3) is 15.9 Å². The van der Waals surface area contributed by atoms with Crippen LogP contribution in [0.1, 0.15) is 28.2 Å². The number of hydrogen-bond donors (Lipinski definition) is 1. The number of aromatic nitrogens is 2. The molecule has 0 radical (unpaired) electrons. The second-order valence-corrected chi connectivity index (χ2v) is 9.63. The largest absolute Gasteiger partial charge is 0.321 e. The number of aryl methyl sites for hydroxylation is 2. The standard InChI is InChI=1S/C24H22N4O3S/c1-17-23(27-14-6-5-11-22(27)25-17)24(29)26-19-12-13-21-18(16-19)8-7-15-28(21)32(30,31)20-9-3-2-4-10-20/h2-6,9-14,16H,7-8,15H2,1H3,(H,26,29). The van der Waals surface area contributed by atoms with Gasteiger partial charge in [-0.1, -0.05) is 24.3 Å². The van der Waals surface area contributed by atoms with E-state index in [0.29, 0.717) is 41.4 Å². The third-order valence-corrected chi connectivity index (χ3v) is 7.49. The first-order chi connectivity index (χ1) is 15.4. The van der Waals surface area contributed by atoms with Gasteiger partial charge in [-0.2, -0.15) is 0 Å². The van der Waals surface area contributed by atoms with E-state index < -0.39 is 10.0 Å². The number of imidazole rings is 1. The number of carbonyl (C=O) groups is 1. The fourth-order valence-corrected chi connectivity index (χ4v) is 5.75. The van der Waals surface area contributed by atoms with Crippen molar-refractivity contribution in [3.8, 4) is 0 Å². The van der Waals surface area contributed by atoms with Crippen LogP contribution in [0.25, 0.3) is 5.65 Å². The summed E-state index contributed by atoms with van der Waals surface area (Å²) in [5.74, 6) is -0.259. The smallest absolute Gasteiger partial charge is 0.274 e. The molecule has 0 spiro atoms. The molecule has 0 fully saturated rings. The quantitative estimate of drug-likeness (QED) is 0.513. The van der Waals surface area contributed by atoms with Crippen LogP contribution in [0.3, 0.4) is 0 Å². The number of sulfonamides is 1. The Morgan fingerprint density at radius 2 is 1.81 bits per heavy atom. The van der Waals surface area contributed by atoms with Crippen LogP contribution in [-0.2, 0) is 16.4 Å². The topological polar surface area (TPSA) is 83.8 Å². The van der Waals surface area contributed by atoms with Crippen molar-refractivity contribution >= 4 is 33.0 Å². The Kier molecular flexibility index (Phi) is 4.94. The van der Waals surface area contributed by atoms with E-state index in [4.69, 9.17) is 0 Å².